The highest BCUT2D eigenvalue weighted by Gasteiger charge is 2.13. The molecule has 0 saturated carbocycles. The number of carbonyl (C=O) groups is 2. The SMILES string of the molecule is CCCCCC(CC)C(=O)O.CCCCCOC(=O)CCC. The molecule has 0 fully saturated rings. The summed E-state index contributed by atoms with van der Waals surface area (Å²) in [6.45, 7) is 8.78. The van der Waals surface area contributed by atoms with Gasteiger partial charge in [-0.1, -0.05) is 59.8 Å². The van der Waals surface area contributed by atoms with Crippen molar-refractivity contribution in [2.75, 3.05) is 6.61 Å². The topological polar surface area (TPSA) is 63.6 Å². The molecule has 22 heavy (non-hydrogen) atoms. The van der Waals surface area contributed by atoms with Gasteiger partial charge in [-0.3, -0.25) is 9.59 Å². The fraction of sp³-hybridized carbons (Fsp3) is 0.889. The smallest absolute Gasteiger partial charge is 0.306 e. The van der Waals surface area contributed by atoms with Gasteiger partial charge in [0, 0.05) is 6.42 Å². The molecule has 4 nitrogen and oxygen atoms in total. The summed E-state index contributed by atoms with van der Waals surface area (Å²) in [6, 6.07) is 0. The molecule has 132 valence electrons. The van der Waals surface area contributed by atoms with Gasteiger partial charge in [0.05, 0.1) is 12.5 Å². The minimum atomic E-state index is -0.636. The molecule has 4 heteroatoms. The Morgan fingerprint density at radius 1 is 0.909 bits per heavy atom. The molecule has 1 N–H and O–H groups in total. The van der Waals surface area contributed by atoms with Gasteiger partial charge >= 0.3 is 11.9 Å². The van der Waals surface area contributed by atoms with Crippen molar-refractivity contribution >= 4 is 11.9 Å². The maximum absolute atomic E-state index is 10.8. The van der Waals surface area contributed by atoms with E-state index < -0.39 is 5.97 Å². The van der Waals surface area contributed by atoms with Crippen LogP contribution in [0.1, 0.15) is 91.9 Å². The van der Waals surface area contributed by atoms with Crippen LogP contribution in [0.15, 0.2) is 0 Å². The molecule has 0 aromatic rings. The van der Waals surface area contributed by atoms with Crippen molar-refractivity contribution in [3.63, 3.8) is 0 Å². The Bertz CT molecular complexity index is 262. The monoisotopic (exact) mass is 316 g/mol. The zero-order chi connectivity index (χ0) is 17.2. The van der Waals surface area contributed by atoms with Gasteiger partial charge in [0.15, 0.2) is 0 Å². The molecule has 0 bridgehead atoms. The number of unbranched alkanes of at least 4 members (excludes halogenated alkanes) is 4. The summed E-state index contributed by atoms with van der Waals surface area (Å²) in [6.07, 6.45) is 9.76. The van der Waals surface area contributed by atoms with Gasteiger partial charge in [-0.05, 0) is 25.7 Å². The molecule has 0 spiro atoms. The number of esters is 1. The van der Waals surface area contributed by atoms with Crippen LogP contribution in [-0.4, -0.2) is 23.7 Å². The van der Waals surface area contributed by atoms with Crippen molar-refractivity contribution in [3.05, 3.63) is 0 Å². The van der Waals surface area contributed by atoms with Crippen LogP contribution in [0.5, 0.6) is 0 Å². The number of ether oxygens (including phenoxy) is 1. The molecule has 0 aliphatic rings. The van der Waals surface area contributed by atoms with Crippen LogP contribution in [0.2, 0.25) is 0 Å². The number of carboxylic acid groups (broad SMARTS) is 1. The van der Waals surface area contributed by atoms with E-state index in [-0.39, 0.29) is 11.9 Å². The van der Waals surface area contributed by atoms with Gasteiger partial charge in [-0.15, -0.1) is 0 Å². The first-order valence-corrected chi connectivity index (χ1v) is 8.91. The van der Waals surface area contributed by atoms with Gasteiger partial charge in [-0.2, -0.15) is 0 Å². The summed E-state index contributed by atoms with van der Waals surface area (Å²) in [7, 11) is 0. The second-order valence-corrected chi connectivity index (χ2v) is 5.62. The van der Waals surface area contributed by atoms with E-state index in [1.807, 2.05) is 13.8 Å². The van der Waals surface area contributed by atoms with Crippen molar-refractivity contribution in [3.8, 4) is 0 Å². The third kappa shape index (κ3) is 17.0. The quantitative estimate of drug-likeness (QED) is 0.397. The maximum Gasteiger partial charge on any atom is 0.306 e. The summed E-state index contributed by atoms with van der Waals surface area (Å²) in [4.78, 5) is 21.3. The highest BCUT2D eigenvalue weighted by molar-refractivity contribution is 5.69. The Morgan fingerprint density at radius 3 is 1.95 bits per heavy atom. The molecule has 0 rings (SSSR count). The molecular formula is C18H36O4. The van der Waals surface area contributed by atoms with E-state index in [0.717, 1.165) is 51.4 Å². The first-order valence-electron chi connectivity index (χ1n) is 8.91. The molecule has 0 heterocycles. The van der Waals surface area contributed by atoms with Crippen molar-refractivity contribution in [1.82, 2.24) is 0 Å². The minimum Gasteiger partial charge on any atom is -0.481 e. The van der Waals surface area contributed by atoms with Crippen LogP contribution >= 0.6 is 0 Å². The van der Waals surface area contributed by atoms with E-state index in [9.17, 15) is 9.59 Å². The van der Waals surface area contributed by atoms with E-state index in [1.165, 1.54) is 6.42 Å². The first-order chi connectivity index (χ1) is 10.5. The normalized spacial score (nSPS) is 11.3. The molecule has 0 aromatic carbocycles. The fourth-order valence-corrected chi connectivity index (χ4v) is 1.96. The summed E-state index contributed by atoms with van der Waals surface area (Å²) >= 11 is 0. The lowest BCUT2D eigenvalue weighted by molar-refractivity contribution is -0.144. The molecule has 1 unspecified atom stereocenters. The standard InChI is InChI=1S/2C9H18O2/c1-3-5-6-7-8(4-2)9(10)11;1-3-5-6-8-11-9(10)7-4-2/h8H,3-7H2,1-2H3,(H,10,11);3-8H2,1-2H3. The summed E-state index contributed by atoms with van der Waals surface area (Å²) in [5.74, 6) is -0.797. The number of carbonyl (C=O) groups excluding carboxylic acids is 1. The molecule has 0 saturated heterocycles. The highest BCUT2D eigenvalue weighted by Crippen LogP contribution is 2.13. The van der Waals surface area contributed by atoms with Crippen molar-refractivity contribution < 1.29 is 19.4 Å². The molecule has 1 atom stereocenters. The van der Waals surface area contributed by atoms with Crippen molar-refractivity contribution in [2.45, 2.75) is 91.9 Å². The molecule has 0 radical (unpaired) electrons. The van der Waals surface area contributed by atoms with Crippen LogP contribution in [0.3, 0.4) is 0 Å². The number of aliphatic carboxylic acids is 1. The van der Waals surface area contributed by atoms with Gasteiger partial charge in [0.1, 0.15) is 0 Å². The summed E-state index contributed by atoms with van der Waals surface area (Å²) in [5.41, 5.74) is 0. The van der Waals surface area contributed by atoms with E-state index >= 15 is 0 Å². The predicted molar refractivity (Wildman–Crippen MR) is 91.0 cm³/mol. The third-order valence-corrected chi connectivity index (χ3v) is 3.46. The highest BCUT2D eigenvalue weighted by atomic mass is 16.5. The van der Waals surface area contributed by atoms with Crippen molar-refractivity contribution in [1.29, 1.82) is 0 Å². The molecule has 0 aromatic heterocycles. The first kappa shape index (κ1) is 23.2. The third-order valence-electron chi connectivity index (χ3n) is 3.46. The zero-order valence-electron chi connectivity index (χ0n) is 15.0. The average molecular weight is 316 g/mol. The number of rotatable bonds is 12. The molecule has 0 amide bonds. The zero-order valence-corrected chi connectivity index (χ0v) is 15.0. The van der Waals surface area contributed by atoms with Gasteiger partial charge < -0.3 is 9.84 Å². The number of carboxylic acids is 1. The Balaban J connectivity index is 0. The Kier molecular flexibility index (Phi) is 19.0. The van der Waals surface area contributed by atoms with Crippen molar-refractivity contribution in [2.24, 2.45) is 5.92 Å². The fourth-order valence-electron chi connectivity index (χ4n) is 1.96. The molecule has 0 aliphatic carbocycles. The Labute approximate surface area is 136 Å². The average Bonchev–Trinajstić information content (AvgIpc) is 2.49. The van der Waals surface area contributed by atoms with E-state index in [4.69, 9.17) is 9.84 Å². The van der Waals surface area contributed by atoms with E-state index in [1.54, 1.807) is 0 Å². The minimum absolute atomic E-state index is 0.0522. The van der Waals surface area contributed by atoms with E-state index in [2.05, 4.69) is 13.8 Å². The summed E-state index contributed by atoms with van der Waals surface area (Å²) < 4.78 is 4.95. The van der Waals surface area contributed by atoms with Gasteiger partial charge in [0.2, 0.25) is 0 Å². The molecular weight excluding hydrogens is 280 g/mol. The van der Waals surface area contributed by atoms with Crippen LogP contribution in [0.4, 0.5) is 0 Å². The lowest BCUT2D eigenvalue weighted by Crippen LogP contribution is -2.12. The Hall–Kier alpha value is -1.06. The second kappa shape index (κ2) is 18.0. The lowest BCUT2D eigenvalue weighted by atomic mass is 9.99. The van der Waals surface area contributed by atoms with Crippen LogP contribution in [-0.2, 0) is 14.3 Å². The van der Waals surface area contributed by atoms with E-state index in [0.29, 0.717) is 13.0 Å². The maximum atomic E-state index is 10.8. The summed E-state index contributed by atoms with van der Waals surface area (Å²) in [5, 5.41) is 8.67. The lowest BCUT2D eigenvalue weighted by Gasteiger charge is -2.07. The largest absolute Gasteiger partial charge is 0.481 e. The van der Waals surface area contributed by atoms with Gasteiger partial charge in [0.25, 0.3) is 0 Å². The number of hydrogen-bond donors (Lipinski definition) is 1. The number of hydrogen-bond acceptors (Lipinski definition) is 3. The predicted octanol–water partition coefficient (Wildman–Crippen LogP) is 5.20. The van der Waals surface area contributed by atoms with Crippen LogP contribution in [0, 0.1) is 5.92 Å². The van der Waals surface area contributed by atoms with Crippen LogP contribution in [0.25, 0.3) is 0 Å². The Morgan fingerprint density at radius 2 is 1.50 bits per heavy atom. The molecule has 0 aliphatic heterocycles. The second-order valence-electron chi connectivity index (χ2n) is 5.62. The van der Waals surface area contributed by atoms with Crippen LogP contribution < -0.4 is 0 Å². The van der Waals surface area contributed by atoms with Gasteiger partial charge in [-0.25, -0.2) is 0 Å².